The molecule has 7 atom stereocenters. The molecular weight excluding hydrogens is 484 g/mol. The first kappa shape index (κ1) is 28.6. The Balaban J connectivity index is 1.26. The van der Waals surface area contributed by atoms with Crippen LogP contribution in [0.25, 0.3) is 0 Å². The van der Waals surface area contributed by atoms with E-state index in [1.54, 1.807) is 0 Å². The van der Waals surface area contributed by atoms with Crippen molar-refractivity contribution in [3.05, 3.63) is 71.3 Å². The monoisotopic (exact) mass is 534 g/mol. The van der Waals surface area contributed by atoms with Crippen molar-refractivity contribution in [3.8, 4) is 0 Å². The Morgan fingerprint density at radius 2 is 1.92 bits per heavy atom. The Morgan fingerprint density at radius 3 is 2.67 bits per heavy atom. The van der Waals surface area contributed by atoms with E-state index in [-0.39, 0.29) is 10.8 Å². The Kier molecular flexibility index (Phi) is 8.48. The van der Waals surface area contributed by atoms with Gasteiger partial charge in [-0.15, -0.1) is 0 Å². The lowest BCUT2D eigenvalue weighted by Gasteiger charge is -2.44. The second-order valence-electron chi connectivity index (χ2n) is 13.4. The zero-order valence-corrected chi connectivity index (χ0v) is 24.4. The van der Waals surface area contributed by atoms with E-state index in [1.807, 2.05) is 0 Å². The summed E-state index contributed by atoms with van der Waals surface area (Å²) < 4.78 is 6.19. The van der Waals surface area contributed by atoms with E-state index in [4.69, 9.17) is 4.42 Å². The second-order valence-corrected chi connectivity index (χ2v) is 13.4. The van der Waals surface area contributed by atoms with E-state index in [1.165, 1.54) is 31.3 Å². The van der Waals surface area contributed by atoms with Crippen LogP contribution in [-0.4, -0.2) is 33.6 Å². The molecule has 0 radical (unpaired) electrons. The van der Waals surface area contributed by atoms with Crippen LogP contribution >= 0.6 is 0 Å². The van der Waals surface area contributed by atoms with Gasteiger partial charge in [0.05, 0.1) is 23.7 Å². The lowest BCUT2D eigenvalue weighted by atomic mass is 9.61. The van der Waals surface area contributed by atoms with Crippen molar-refractivity contribution in [2.24, 2.45) is 23.2 Å². The number of furan rings is 1. The minimum atomic E-state index is -0.639. The van der Waals surface area contributed by atoms with Crippen LogP contribution in [0.1, 0.15) is 103 Å². The third-order valence-electron chi connectivity index (χ3n) is 10.8. The van der Waals surface area contributed by atoms with Crippen molar-refractivity contribution in [3.63, 3.8) is 0 Å². The molecule has 0 bridgehead atoms. The lowest BCUT2D eigenvalue weighted by Crippen LogP contribution is -2.35. The molecule has 4 nitrogen and oxygen atoms in total. The molecule has 4 saturated carbocycles. The number of fused-ring (bicyclic) bond motifs is 1. The number of hydrogen-bond donors (Lipinski definition) is 3. The Labute approximate surface area is 235 Å². The fraction of sp³-hybridized carbons (Fsp3) is 0.657. The molecule has 4 aliphatic rings. The van der Waals surface area contributed by atoms with Crippen LogP contribution in [0.5, 0.6) is 0 Å². The van der Waals surface area contributed by atoms with Gasteiger partial charge in [0.2, 0.25) is 0 Å². The molecule has 0 unspecified atom stereocenters. The van der Waals surface area contributed by atoms with Gasteiger partial charge in [-0.2, -0.15) is 0 Å². The highest BCUT2D eigenvalue weighted by Gasteiger charge is 2.53. The molecule has 1 heterocycles. The Morgan fingerprint density at radius 1 is 1.13 bits per heavy atom. The van der Waals surface area contributed by atoms with Crippen LogP contribution in [0.2, 0.25) is 0 Å². The van der Waals surface area contributed by atoms with Crippen molar-refractivity contribution in [2.45, 2.75) is 122 Å². The van der Waals surface area contributed by atoms with Gasteiger partial charge in [-0.05, 0) is 104 Å². The maximum Gasteiger partial charge on any atom is 0.113 e. The van der Waals surface area contributed by atoms with E-state index in [2.05, 4.69) is 63.8 Å². The number of aliphatic hydroxyl groups is 3. The van der Waals surface area contributed by atoms with Gasteiger partial charge in [-0.3, -0.25) is 0 Å². The minimum absolute atomic E-state index is 0.235. The topological polar surface area (TPSA) is 73.8 Å². The molecule has 0 saturated heterocycles. The highest BCUT2D eigenvalue weighted by atomic mass is 16.3. The quantitative estimate of drug-likeness (QED) is 0.290. The fourth-order valence-electron chi connectivity index (χ4n) is 8.16. The molecule has 0 aliphatic heterocycles. The average molecular weight is 535 g/mol. The van der Waals surface area contributed by atoms with Crippen molar-refractivity contribution < 1.29 is 19.7 Å². The summed E-state index contributed by atoms with van der Waals surface area (Å²) in [5.74, 6) is 3.58. The number of hydrogen-bond acceptors (Lipinski definition) is 4. The van der Waals surface area contributed by atoms with Crippen LogP contribution < -0.4 is 0 Å². The van der Waals surface area contributed by atoms with Crippen molar-refractivity contribution in [1.82, 2.24) is 0 Å². The number of allylic oxidation sites excluding steroid dienone is 4. The molecule has 1 aromatic rings. The summed E-state index contributed by atoms with van der Waals surface area (Å²) in [6.45, 7) is 11.1. The number of rotatable bonds is 9. The third-order valence-corrected chi connectivity index (χ3v) is 10.8. The molecule has 1 aromatic heterocycles. The predicted molar refractivity (Wildman–Crippen MR) is 157 cm³/mol. The van der Waals surface area contributed by atoms with E-state index >= 15 is 0 Å². The van der Waals surface area contributed by atoms with Gasteiger partial charge in [0, 0.05) is 12.8 Å². The standard InChI is InChI=1S/C35H50O4/c1-5-6-9-28-13-17-33(39-28)35(19-20-35)32(38)16-10-23(2)29-14-15-30-25(8-7-18-34(29,30)4)11-12-26-21-27(36)22-31(37)24(26)3/h10-13,16-17,23,27,29-32,36-38H,3,5-9,14-15,18-22H2,1-2,4H3/b16-10+,25-11+,26-12-/t23-,27-,29-,30+,31+,32-,34-/m1/s1. The molecule has 0 aromatic carbocycles. The highest BCUT2D eigenvalue weighted by molar-refractivity contribution is 5.39. The summed E-state index contributed by atoms with van der Waals surface area (Å²) in [6, 6.07) is 4.19. The van der Waals surface area contributed by atoms with Crippen LogP contribution in [-0.2, 0) is 11.8 Å². The minimum Gasteiger partial charge on any atom is -0.465 e. The second kappa shape index (κ2) is 11.5. The summed E-state index contributed by atoms with van der Waals surface area (Å²) in [5, 5.41) is 31.6. The van der Waals surface area contributed by atoms with Crippen molar-refractivity contribution >= 4 is 0 Å². The molecule has 39 heavy (non-hydrogen) atoms. The summed E-state index contributed by atoms with van der Waals surface area (Å²) in [6.07, 6.45) is 19.3. The number of aryl methyl sites for hydroxylation is 1. The van der Waals surface area contributed by atoms with Gasteiger partial charge in [-0.1, -0.05) is 63.6 Å². The molecule has 4 heteroatoms. The molecule has 4 aliphatic carbocycles. The van der Waals surface area contributed by atoms with Gasteiger partial charge in [0.25, 0.3) is 0 Å². The molecule has 0 spiro atoms. The first-order chi connectivity index (χ1) is 18.7. The Hall–Kier alpha value is -1.88. The van der Waals surface area contributed by atoms with E-state index in [0.29, 0.717) is 30.6 Å². The zero-order chi connectivity index (χ0) is 27.8. The average Bonchev–Trinajstić information content (AvgIpc) is 3.44. The largest absolute Gasteiger partial charge is 0.465 e. The summed E-state index contributed by atoms with van der Waals surface area (Å²) >= 11 is 0. The molecule has 4 fully saturated rings. The van der Waals surface area contributed by atoms with E-state index < -0.39 is 18.3 Å². The maximum atomic E-state index is 11.3. The molecule has 0 amide bonds. The van der Waals surface area contributed by atoms with Gasteiger partial charge in [0.1, 0.15) is 11.5 Å². The number of unbranched alkanes of at least 4 members (excludes halogenated alkanes) is 1. The van der Waals surface area contributed by atoms with Crippen LogP contribution in [0.3, 0.4) is 0 Å². The van der Waals surface area contributed by atoms with Gasteiger partial charge in [-0.25, -0.2) is 0 Å². The van der Waals surface area contributed by atoms with E-state index in [0.717, 1.165) is 61.2 Å². The SMILES string of the molecule is C=C1/C(=C\C=C2/CCC[C@]3(C)[C@@H]([C@H](C)/C=C/[C@@H](O)C4(c5ccc(CCCC)o5)CC4)CC[C@@H]23)C[C@@H](O)C[C@@H]1O. The highest BCUT2D eigenvalue weighted by Crippen LogP contribution is 2.60. The summed E-state index contributed by atoms with van der Waals surface area (Å²) in [7, 11) is 0. The molecule has 3 N–H and O–H groups in total. The summed E-state index contributed by atoms with van der Waals surface area (Å²) in [5.41, 5.74) is 3.29. The molecule has 214 valence electrons. The predicted octanol–water partition coefficient (Wildman–Crippen LogP) is 7.35. The van der Waals surface area contributed by atoms with E-state index in [9.17, 15) is 15.3 Å². The van der Waals surface area contributed by atoms with Crippen molar-refractivity contribution in [1.29, 1.82) is 0 Å². The first-order valence-corrected chi connectivity index (χ1v) is 15.6. The molecular formula is C35H50O4. The van der Waals surface area contributed by atoms with Crippen LogP contribution in [0.4, 0.5) is 0 Å². The number of aliphatic hydroxyl groups excluding tert-OH is 3. The van der Waals surface area contributed by atoms with Crippen LogP contribution in [0, 0.1) is 23.2 Å². The fourth-order valence-corrected chi connectivity index (χ4v) is 8.16. The lowest BCUT2D eigenvalue weighted by molar-refractivity contribution is 0.0862. The van der Waals surface area contributed by atoms with Crippen LogP contribution in [0.15, 0.2) is 64.2 Å². The smallest absolute Gasteiger partial charge is 0.113 e. The normalized spacial score (nSPS) is 36.0. The van der Waals surface area contributed by atoms with Gasteiger partial charge < -0.3 is 19.7 Å². The molecule has 5 rings (SSSR count). The van der Waals surface area contributed by atoms with Crippen molar-refractivity contribution in [2.75, 3.05) is 0 Å². The zero-order valence-electron chi connectivity index (χ0n) is 24.4. The first-order valence-electron chi connectivity index (χ1n) is 15.6. The Bertz CT molecular complexity index is 1120. The summed E-state index contributed by atoms with van der Waals surface area (Å²) in [4.78, 5) is 0. The third kappa shape index (κ3) is 5.67. The maximum absolute atomic E-state index is 11.3. The van der Waals surface area contributed by atoms with Gasteiger partial charge in [0.15, 0.2) is 0 Å². The van der Waals surface area contributed by atoms with Gasteiger partial charge >= 0.3 is 0 Å².